The molecule has 2 aliphatic rings. The van der Waals surface area contributed by atoms with Gasteiger partial charge in [-0.2, -0.15) is 0 Å². The van der Waals surface area contributed by atoms with Crippen molar-refractivity contribution >= 4 is 11.8 Å². The number of hydrogen-bond acceptors (Lipinski definition) is 6. The van der Waals surface area contributed by atoms with Gasteiger partial charge in [0.25, 0.3) is 11.8 Å². The Labute approximate surface area is 161 Å². The number of likely N-dealkylation sites (tertiary alicyclic amines) is 1. The maximum Gasteiger partial charge on any atom is 0.258 e. The second-order valence-electron chi connectivity index (χ2n) is 7.15. The lowest BCUT2D eigenvalue weighted by Gasteiger charge is -2.26. The molecular formula is C20H22N2O6. The van der Waals surface area contributed by atoms with Crippen molar-refractivity contribution in [2.45, 2.75) is 31.6 Å². The Bertz CT molecular complexity index is 908. The van der Waals surface area contributed by atoms with E-state index in [9.17, 15) is 19.8 Å². The summed E-state index contributed by atoms with van der Waals surface area (Å²) in [6, 6.07) is 4.63. The van der Waals surface area contributed by atoms with E-state index in [1.54, 1.807) is 19.1 Å². The minimum absolute atomic E-state index is 0.00327. The number of carbonyl (C=O) groups is 2. The standard InChI is InChI=1S/C20H22N2O6/c1-11-9-27-10-14(11)19(25)21-7-15-17(24)16(23)8-22(15)20(26)13-4-2-3-12-5-6-28-18(12)13/h2-4,9-10,15-17,23-24H,5-8H2,1H3,(H,21,25)/t15-,16+,17-/m1/s1. The largest absolute Gasteiger partial charge is 0.492 e. The number of aryl methyl sites for hydroxylation is 1. The zero-order valence-corrected chi connectivity index (χ0v) is 15.4. The number of nitrogens with one attached hydrogen (secondary N) is 1. The number of para-hydroxylation sites is 1. The number of benzene rings is 1. The zero-order valence-electron chi connectivity index (χ0n) is 15.4. The maximum absolute atomic E-state index is 13.1. The highest BCUT2D eigenvalue weighted by molar-refractivity contribution is 5.98. The molecule has 3 N–H and O–H groups in total. The molecule has 28 heavy (non-hydrogen) atoms. The van der Waals surface area contributed by atoms with Gasteiger partial charge in [0.05, 0.1) is 42.7 Å². The molecule has 8 nitrogen and oxygen atoms in total. The van der Waals surface area contributed by atoms with E-state index >= 15 is 0 Å². The Balaban J connectivity index is 1.53. The summed E-state index contributed by atoms with van der Waals surface area (Å²) >= 11 is 0. The number of aliphatic hydroxyl groups is 2. The maximum atomic E-state index is 13.1. The number of rotatable bonds is 4. The molecule has 1 fully saturated rings. The summed E-state index contributed by atoms with van der Waals surface area (Å²) in [5, 5.41) is 23.2. The van der Waals surface area contributed by atoms with E-state index in [0.29, 0.717) is 29.0 Å². The first kappa shape index (κ1) is 18.5. The highest BCUT2D eigenvalue weighted by Gasteiger charge is 2.43. The number of carbonyl (C=O) groups excluding carboxylic acids is 2. The molecule has 0 aliphatic carbocycles. The van der Waals surface area contributed by atoms with Crippen molar-refractivity contribution in [2.24, 2.45) is 0 Å². The average Bonchev–Trinajstić information content (AvgIpc) is 3.39. The van der Waals surface area contributed by atoms with Gasteiger partial charge in [-0.3, -0.25) is 9.59 Å². The summed E-state index contributed by atoms with van der Waals surface area (Å²) in [7, 11) is 0. The Morgan fingerprint density at radius 2 is 2.07 bits per heavy atom. The second kappa shape index (κ2) is 7.29. The first-order chi connectivity index (χ1) is 13.5. The van der Waals surface area contributed by atoms with Gasteiger partial charge in [-0.25, -0.2) is 0 Å². The van der Waals surface area contributed by atoms with Crippen LogP contribution in [0.1, 0.15) is 31.8 Å². The van der Waals surface area contributed by atoms with Crippen molar-refractivity contribution < 1.29 is 29.0 Å². The van der Waals surface area contributed by atoms with Gasteiger partial charge in [0.1, 0.15) is 18.1 Å². The Morgan fingerprint density at radius 1 is 1.25 bits per heavy atom. The lowest BCUT2D eigenvalue weighted by atomic mass is 10.1. The fourth-order valence-electron chi connectivity index (χ4n) is 3.77. The van der Waals surface area contributed by atoms with Crippen LogP contribution >= 0.6 is 0 Å². The van der Waals surface area contributed by atoms with E-state index in [-0.39, 0.29) is 24.9 Å². The molecule has 0 saturated carbocycles. The number of nitrogens with zero attached hydrogens (tertiary/aromatic N) is 1. The third kappa shape index (κ3) is 3.14. The average molecular weight is 386 g/mol. The third-order valence-electron chi connectivity index (χ3n) is 5.35. The molecule has 0 spiro atoms. The van der Waals surface area contributed by atoms with Crippen LogP contribution < -0.4 is 10.1 Å². The van der Waals surface area contributed by atoms with Crippen LogP contribution in [0.25, 0.3) is 0 Å². The number of aliphatic hydroxyl groups excluding tert-OH is 2. The predicted octanol–water partition coefficient (Wildman–Crippen LogP) is 0.499. The predicted molar refractivity (Wildman–Crippen MR) is 98.3 cm³/mol. The molecule has 1 aromatic carbocycles. The van der Waals surface area contributed by atoms with Crippen LogP contribution in [0.15, 0.2) is 35.1 Å². The molecule has 2 aliphatic heterocycles. The summed E-state index contributed by atoms with van der Waals surface area (Å²) in [5.74, 6) is -0.149. The van der Waals surface area contributed by atoms with Crippen LogP contribution in [0.2, 0.25) is 0 Å². The lowest BCUT2D eigenvalue weighted by molar-refractivity contribution is 0.0363. The minimum Gasteiger partial charge on any atom is -0.492 e. The first-order valence-electron chi connectivity index (χ1n) is 9.20. The monoisotopic (exact) mass is 386 g/mol. The number of furan rings is 1. The molecular weight excluding hydrogens is 364 g/mol. The molecule has 148 valence electrons. The number of fused-ring (bicyclic) bond motifs is 1. The minimum atomic E-state index is -1.16. The number of β-amino-alcohol motifs (C(OH)–C–C–N with tert-alkyl or cyclic N) is 1. The van der Waals surface area contributed by atoms with E-state index < -0.39 is 18.2 Å². The van der Waals surface area contributed by atoms with Gasteiger partial charge < -0.3 is 29.6 Å². The van der Waals surface area contributed by atoms with Crippen molar-refractivity contribution in [3.05, 3.63) is 53.0 Å². The molecule has 2 amide bonds. The van der Waals surface area contributed by atoms with E-state index in [4.69, 9.17) is 9.15 Å². The molecule has 2 aromatic rings. The normalized spacial score (nSPS) is 23.4. The van der Waals surface area contributed by atoms with Gasteiger partial charge in [-0.1, -0.05) is 12.1 Å². The summed E-state index contributed by atoms with van der Waals surface area (Å²) in [4.78, 5) is 26.9. The van der Waals surface area contributed by atoms with Gasteiger partial charge in [0, 0.05) is 13.0 Å². The molecule has 8 heteroatoms. The number of hydrogen-bond donors (Lipinski definition) is 3. The zero-order chi connectivity index (χ0) is 19.8. The number of ether oxygens (including phenoxy) is 1. The summed E-state index contributed by atoms with van der Waals surface area (Å²) in [5.41, 5.74) is 2.44. The Hall–Kier alpha value is -2.84. The van der Waals surface area contributed by atoms with Gasteiger partial charge in [0.15, 0.2) is 0 Å². The summed E-state index contributed by atoms with van der Waals surface area (Å²) in [6.45, 7) is 2.26. The highest BCUT2D eigenvalue weighted by atomic mass is 16.5. The molecule has 4 rings (SSSR count). The summed E-state index contributed by atoms with van der Waals surface area (Å²) < 4.78 is 10.6. The van der Waals surface area contributed by atoms with Gasteiger partial charge >= 0.3 is 0 Å². The fourth-order valence-corrected chi connectivity index (χ4v) is 3.77. The van der Waals surface area contributed by atoms with Crippen molar-refractivity contribution in [1.82, 2.24) is 10.2 Å². The van der Waals surface area contributed by atoms with Crippen LogP contribution in [-0.2, 0) is 6.42 Å². The fraction of sp³-hybridized carbons (Fsp3) is 0.400. The van der Waals surface area contributed by atoms with Gasteiger partial charge in [0.2, 0.25) is 0 Å². The van der Waals surface area contributed by atoms with Crippen molar-refractivity contribution in [1.29, 1.82) is 0 Å². The van der Waals surface area contributed by atoms with E-state index in [1.165, 1.54) is 17.4 Å². The van der Waals surface area contributed by atoms with Crippen LogP contribution in [-0.4, -0.2) is 64.9 Å². The Morgan fingerprint density at radius 3 is 2.82 bits per heavy atom. The SMILES string of the molecule is Cc1cocc1C(=O)NC[C@@H]1[C@@H](O)[C@@H](O)CN1C(=O)c1cccc2c1OCC2. The van der Waals surface area contributed by atoms with Gasteiger partial charge in [-0.05, 0) is 24.1 Å². The van der Waals surface area contributed by atoms with Crippen LogP contribution in [0.5, 0.6) is 5.75 Å². The van der Waals surface area contributed by atoms with Crippen LogP contribution in [0.4, 0.5) is 0 Å². The summed E-state index contributed by atoms with van der Waals surface area (Å²) in [6.07, 6.45) is 1.31. The quantitative estimate of drug-likeness (QED) is 0.705. The smallest absolute Gasteiger partial charge is 0.258 e. The molecule has 0 bridgehead atoms. The second-order valence-corrected chi connectivity index (χ2v) is 7.15. The molecule has 0 radical (unpaired) electrons. The molecule has 3 atom stereocenters. The topological polar surface area (TPSA) is 112 Å². The van der Waals surface area contributed by atoms with E-state index in [1.807, 2.05) is 6.07 Å². The van der Waals surface area contributed by atoms with E-state index in [0.717, 1.165) is 12.0 Å². The van der Waals surface area contributed by atoms with Crippen molar-refractivity contribution in [2.75, 3.05) is 19.7 Å². The third-order valence-corrected chi connectivity index (χ3v) is 5.35. The molecule has 0 unspecified atom stereocenters. The van der Waals surface area contributed by atoms with Crippen LogP contribution in [0, 0.1) is 6.92 Å². The lowest BCUT2D eigenvalue weighted by Crippen LogP contribution is -2.47. The Kier molecular flexibility index (Phi) is 4.82. The highest BCUT2D eigenvalue weighted by Crippen LogP contribution is 2.32. The van der Waals surface area contributed by atoms with Crippen molar-refractivity contribution in [3.63, 3.8) is 0 Å². The molecule has 1 saturated heterocycles. The van der Waals surface area contributed by atoms with E-state index in [2.05, 4.69) is 5.32 Å². The molecule has 1 aromatic heterocycles. The van der Waals surface area contributed by atoms with Gasteiger partial charge in [-0.15, -0.1) is 0 Å². The number of amides is 2. The van der Waals surface area contributed by atoms with Crippen LogP contribution in [0.3, 0.4) is 0 Å². The van der Waals surface area contributed by atoms with Crippen molar-refractivity contribution in [3.8, 4) is 5.75 Å². The first-order valence-corrected chi connectivity index (χ1v) is 9.20. The molecule has 3 heterocycles.